The van der Waals surface area contributed by atoms with Crippen molar-refractivity contribution in [2.45, 2.75) is 11.7 Å². The lowest BCUT2D eigenvalue weighted by atomic mass is 10.3. The Morgan fingerprint density at radius 3 is 2.83 bits per heavy atom. The highest BCUT2D eigenvalue weighted by Gasteiger charge is 2.09. The Labute approximate surface area is 107 Å². The van der Waals surface area contributed by atoms with E-state index in [0.717, 1.165) is 0 Å². The van der Waals surface area contributed by atoms with Gasteiger partial charge in [-0.1, -0.05) is 11.8 Å². The molecule has 1 amide bonds. The first-order valence-corrected chi connectivity index (χ1v) is 6.30. The number of hydrogen-bond donors (Lipinski definition) is 2. The molecule has 0 bridgehead atoms. The Morgan fingerprint density at radius 2 is 2.17 bits per heavy atom. The fraction of sp³-hybridized carbons (Fsp3) is 0.200. The normalized spacial score (nSPS) is 10.3. The second-order valence-electron chi connectivity index (χ2n) is 3.42. The summed E-state index contributed by atoms with van der Waals surface area (Å²) in [6, 6.07) is 6.23. The van der Waals surface area contributed by atoms with Crippen LogP contribution in [0.2, 0.25) is 0 Å². The summed E-state index contributed by atoms with van der Waals surface area (Å²) in [5.41, 5.74) is 0.608. The summed E-state index contributed by atoms with van der Waals surface area (Å²) in [5, 5.41) is 23.4. The summed E-state index contributed by atoms with van der Waals surface area (Å²) in [5.74, 6) is -0.0820. The van der Waals surface area contributed by atoms with Crippen LogP contribution in [0, 0.1) is 0 Å². The van der Waals surface area contributed by atoms with Crippen LogP contribution in [0.3, 0.4) is 0 Å². The van der Waals surface area contributed by atoms with Crippen LogP contribution < -0.4 is 5.32 Å². The topological polar surface area (TPSA) is 92.9 Å². The summed E-state index contributed by atoms with van der Waals surface area (Å²) < 4.78 is 1.42. The van der Waals surface area contributed by atoms with Gasteiger partial charge >= 0.3 is 0 Å². The number of nitrogens with zero attached hydrogens (tertiary/aromatic N) is 4. The molecule has 0 aliphatic rings. The van der Waals surface area contributed by atoms with Crippen LogP contribution in [-0.2, 0) is 11.3 Å². The molecule has 0 unspecified atom stereocenters. The van der Waals surface area contributed by atoms with Crippen LogP contribution in [0.25, 0.3) is 0 Å². The van der Waals surface area contributed by atoms with Gasteiger partial charge in [-0.2, -0.15) is 0 Å². The van der Waals surface area contributed by atoms with Crippen LogP contribution in [0.5, 0.6) is 5.75 Å². The van der Waals surface area contributed by atoms with Crippen molar-refractivity contribution in [3.8, 4) is 5.75 Å². The summed E-state index contributed by atoms with van der Waals surface area (Å²) >= 11 is 1.37. The molecule has 0 radical (unpaired) electrons. The smallest absolute Gasteiger partial charge is 0.246 e. The van der Waals surface area contributed by atoms with Crippen LogP contribution in [-0.4, -0.2) is 37.5 Å². The summed E-state index contributed by atoms with van der Waals surface area (Å²) in [6.45, 7) is 0.0457. The van der Waals surface area contributed by atoms with E-state index in [9.17, 15) is 4.79 Å². The maximum Gasteiger partial charge on any atom is 0.246 e. The van der Waals surface area contributed by atoms with E-state index in [-0.39, 0.29) is 18.2 Å². The molecule has 2 N–H and O–H groups in total. The van der Waals surface area contributed by atoms with Crippen molar-refractivity contribution in [3.05, 3.63) is 24.3 Å². The molecular weight excluding hydrogens is 254 g/mol. The maximum atomic E-state index is 11.7. The van der Waals surface area contributed by atoms with E-state index in [1.165, 1.54) is 28.6 Å². The first kappa shape index (κ1) is 12.4. The van der Waals surface area contributed by atoms with Crippen LogP contribution in [0.4, 0.5) is 5.69 Å². The second kappa shape index (κ2) is 5.50. The third-order valence-corrected chi connectivity index (χ3v) is 2.78. The van der Waals surface area contributed by atoms with Gasteiger partial charge in [-0.3, -0.25) is 4.79 Å². The third kappa shape index (κ3) is 2.98. The number of carbonyl (C=O) groups excluding carboxylic acids is 1. The first-order valence-electron chi connectivity index (χ1n) is 5.08. The van der Waals surface area contributed by atoms with Gasteiger partial charge in [0.05, 0.1) is 0 Å². The molecule has 0 saturated carbocycles. The summed E-state index contributed by atoms with van der Waals surface area (Å²) in [6.07, 6.45) is 1.83. The van der Waals surface area contributed by atoms with Crippen molar-refractivity contribution in [2.75, 3.05) is 11.6 Å². The number of aromatic hydroxyl groups is 1. The van der Waals surface area contributed by atoms with E-state index in [1.807, 2.05) is 6.26 Å². The molecule has 0 aliphatic heterocycles. The van der Waals surface area contributed by atoms with Gasteiger partial charge in [0.25, 0.3) is 0 Å². The van der Waals surface area contributed by atoms with E-state index in [2.05, 4.69) is 20.8 Å². The highest BCUT2D eigenvalue weighted by Crippen LogP contribution is 2.14. The lowest BCUT2D eigenvalue weighted by Crippen LogP contribution is -2.20. The number of aromatic nitrogens is 4. The molecule has 0 fully saturated rings. The van der Waals surface area contributed by atoms with E-state index in [1.54, 1.807) is 12.1 Å². The number of benzene rings is 1. The molecular formula is C10H11N5O2S. The number of phenols is 1. The average molecular weight is 265 g/mol. The fourth-order valence-electron chi connectivity index (χ4n) is 1.32. The molecule has 1 aromatic carbocycles. The standard InChI is InChI=1S/C10H11N5O2S/c1-18-10-12-13-14-15(10)6-9(17)11-7-2-4-8(16)5-3-7/h2-5,16H,6H2,1H3,(H,11,17). The van der Waals surface area contributed by atoms with Gasteiger partial charge in [0.2, 0.25) is 11.1 Å². The Hall–Kier alpha value is -2.09. The second-order valence-corrected chi connectivity index (χ2v) is 4.19. The van der Waals surface area contributed by atoms with Gasteiger partial charge in [-0.05, 0) is 40.9 Å². The SMILES string of the molecule is CSc1nnnn1CC(=O)Nc1ccc(O)cc1. The highest BCUT2D eigenvalue weighted by molar-refractivity contribution is 7.98. The number of carbonyl (C=O) groups is 1. The van der Waals surface area contributed by atoms with E-state index >= 15 is 0 Å². The van der Waals surface area contributed by atoms with Crippen molar-refractivity contribution in [1.29, 1.82) is 0 Å². The number of anilines is 1. The van der Waals surface area contributed by atoms with Gasteiger partial charge in [-0.15, -0.1) is 5.10 Å². The number of hydrogen-bond acceptors (Lipinski definition) is 6. The fourth-order valence-corrected chi connectivity index (χ4v) is 1.75. The molecule has 94 valence electrons. The van der Waals surface area contributed by atoms with Gasteiger partial charge in [-0.25, -0.2) is 4.68 Å². The quantitative estimate of drug-likeness (QED) is 0.625. The van der Waals surface area contributed by atoms with Crippen molar-refractivity contribution in [1.82, 2.24) is 20.2 Å². The number of rotatable bonds is 4. The Kier molecular flexibility index (Phi) is 3.78. The molecule has 0 aliphatic carbocycles. The van der Waals surface area contributed by atoms with Crippen molar-refractivity contribution in [3.63, 3.8) is 0 Å². The number of phenolic OH excluding ortho intramolecular Hbond substituents is 1. The Balaban J connectivity index is 1.99. The van der Waals surface area contributed by atoms with E-state index < -0.39 is 0 Å². The van der Waals surface area contributed by atoms with Gasteiger partial charge < -0.3 is 10.4 Å². The van der Waals surface area contributed by atoms with Gasteiger partial charge in [0.1, 0.15) is 12.3 Å². The molecule has 2 aromatic rings. The molecule has 18 heavy (non-hydrogen) atoms. The van der Waals surface area contributed by atoms with Gasteiger partial charge in [0.15, 0.2) is 0 Å². The molecule has 0 spiro atoms. The van der Waals surface area contributed by atoms with Crippen LogP contribution >= 0.6 is 11.8 Å². The highest BCUT2D eigenvalue weighted by atomic mass is 32.2. The monoisotopic (exact) mass is 265 g/mol. The lowest BCUT2D eigenvalue weighted by Gasteiger charge is -2.05. The van der Waals surface area contributed by atoms with Crippen molar-refractivity contribution < 1.29 is 9.90 Å². The Bertz CT molecular complexity index is 539. The predicted octanol–water partition coefficient (Wildman–Crippen LogP) is 0.739. The van der Waals surface area contributed by atoms with E-state index in [0.29, 0.717) is 10.8 Å². The molecule has 0 atom stereocenters. The van der Waals surface area contributed by atoms with Gasteiger partial charge in [0, 0.05) is 5.69 Å². The minimum atomic E-state index is -0.233. The third-order valence-electron chi connectivity index (χ3n) is 2.13. The largest absolute Gasteiger partial charge is 0.508 e. The van der Waals surface area contributed by atoms with Crippen molar-refractivity contribution in [2.24, 2.45) is 0 Å². The minimum Gasteiger partial charge on any atom is -0.508 e. The Morgan fingerprint density at radius 1 is 1.44 bits per heavy atom. The summed E-state index contributed by atoms with van der Waals surface area (Å²) in [4.78, 5) is 11.7. The predicted molar refractivity (Wildman–Crippen MR) is 66.3 cm³/mol. The van der Waals surface area contributed by atoms with Crippen LogP contribution in [0.1, 0.15) is 0 Å². The molecule has 2 rings (SSSR count). The molecule has 0 saturated heterocycles. The number of nitrogens with one attached hydrogen (secondary N) is 1. The first-order chi connectivity index (χ1) is 8.69. The average Bonchev–Trinajstić information content (AvgIpc) is 2.79. The number of thioether (sulfide) groups is 1. The molecule has 1 heterocycles. The number of amides is 1. The zero-order valence-electron chi connectivity index (χ0n) is 9.57. The van der Waals surface area contributed by atoms with Crippen molar-refractivity contribution >= 4 is 23.4 Å². The zero-order chi connectivity index (χ0) is 13.0. The zero-order valence-corrected chi connectivity index (χ0v) is 10.4. The number of tetrazole rings is 1. The maximum absolute atomic E-state index is 11.7. The molecule has 7 nitrogen and oxygen atoms in total. The summed E-state index contributed by atoms with van der Waals surface area (Å²) in [7, 11) is 0. The minimum absolute atomic E-state index is 0.0457. The van der Waals surface area contributed by atoms with Crippen LogP contribution in [0.15, 0.2) is 29.4 Å². The lowest BCUT2D eigenvalue weighted by molar-refractivity contribution is -0.117. The molecule has 8 heteroatoms. The van der Waals surface area contributed by atoms with E-state index in [4.69, 9.17) is 5.11 Å². The molecule has 1 aromatic heterocycles.